The van der Waals surface area contributed by atoms with Crippen LogP contribution in [0.2, 0.25) is 0 Å². The molecule has 2 aliphatic carbocycles. The van der Waals surface area contributed by atoms with E-state index in [1.54, 1.807) is 0 Å². The minimum absolute atomic E-state index is 0.0381. The highest BCUT2D eigenvalue weighted by molar-refractivity contribution is 5.44. The van der Waals surface area contributed by atoms with Gasteiger partial charge in [0.25, 0.3) is 0 Å². The molecule has 1 unspecified atom stereocenters. The van der Waals surface area contributed by atoms with Crippen LogP contribution in [0.1, 0.15) is 43.4 Å². The summed E-state index contributed by atoms with van der Waals surface area (Å²) in [6.07, 6.45) is 3.29. The predicted octanol–water partition coefficient (Wildman–Crippen LogP) is 3.87. The normalized spacial score (nSPS) is 36.8. The average molecular weight is 378 g/mol. The SMILES string of the molecule is C[C@H]1C2Cc3ccc(O)cc3[C@]1(C)CCN2C[C@@H]1C[C@@]1(CO)c1ccccc1. The fourth-order valence-corrected chi connectivity index (χ4v) is 6.23. The summed E-state index contributed by atoms with van der Waals surface area (Å²) in [5.74, 6) is 1.49. The number of nitrogens with zero attached hydrogens (tertiary/aromatic N) is 1. The van der Waals surface area contributed by atoms with E-state index in [4.69, 9.17) is 0 Å². The van der Waals surface area contributed by atoms with E-state index in [9.17, 15) is 10.2 Å². The maximum atomic E-state index is 10.2. The number of aliphatic hydroxyl groups is 1. The van der Waals surface area contributed by atoms with Crippen LogP contribution in [0.25, 0.3) is 0 Å². The van der Waals surface area contributed by atoms with E-state index in [1.165, 1.54) is 16.7 Å². The van der Waals surface area contributed by atoms with Gasteiger partial charge in [-0.05, 0) is 71.9 Å². The van der Waals surface area contributed by atoms with Crippen molar-refractivity contribution in [3.05, 3.63) is 65.2 Å². The summed E-state index contributed by atoms with van der Waals surface area (Å²) in [6, 6.07) is 17.1. The molecule has 1 aliphatic heterocycles. The third-order valence-electron chi connectivity index (χ3n) is 8.43. The second kappa shape index (κ2) is 6.33. The van der Waals surface area contributed by atoms with E-state index >= 15 is 0 Å². The largest absolute Gasteiger partial charge is 0.508 e. The molecule has 1 saturated heterocycles. The molecule has 148 valence electrons. The van der Waals surface area contributed by atoms with E-state index in [0.717, 1.165) is 32.4 Å². The number of phenols is 1. The van der Waals surface area contributed by atoms with Crippen LogP contribution in [0.15, 0.2) is 48.5 Å². The van der Waals surface area contributed by atoms with Gasteiger partial charge in [0, 0.05) is 18.0 Å². The topological polar surface area (TPSA) is 43.7 Å². The summed E-state index contributed by atoms with van der Waals surface area (Å²) in [6.45, 7) is 7.21. The van der Waals surface area contributed by atoms with Crippen LogP contribution < -0.4 is 0 Å². The summed E-state index contributed by atoms with van der Waals surface area (Å²) in [7, 11) is 0. The highest BCUT2D eigenvalue weighted by Crippen LogP contribution is 2.56. The Morgan fingerprint density at radius 2 is 1.93 bits per heavy atom. The molecule has 0 aromatic heterocycles. The van der Waals surface area contributed by atoms with E-state index in [0.29, 0.717) is 23.6 Å². The van der Waals surface area contributed by atoms with E-state index in [-0.39, 0.29) is 17.4 Å². The van der Waals surface area contributed by atoms with E-state index in [1.807, 2.05) is 12.1 Å². The van der Waals surface area contributed by atoms with Crippen LogP contribution in [0.4, 0.5) is 0 Å². The number of aliphatic hydroxyl groups excluding tert-OH is 1. The number of benzene rings is 2. The molecular formula is C25H31NO2. The lowest BCUT2D eigenvalue weighted by molar-refractivity contribution is 0.0259. The molecule has 2 bridgehead atoms. The van der Waals surface area contributed by atoms with Gasteiger partial charge in [-0.25, -0.2) is 0 Å². The number of rotatable bonds is 4. The summed E-state index contributed by atoms with van der Waals surface area (Å²) in [5, 5.41) is 20.2. The van der Waals surface area contributed by atoms with Gasteiger partial charge in [-0.3, -0.25) is 4.90 Å². The standard InChI is InChI=1S/C25H31NO2/c1-17-23-12-18-8-9-21(28)13-22(18)24(17,2)10-11-26(23)15-20-14-25(20,16-27)19-6-4-3-5-7-19/h3-9,13,17,20,23,27-28H,10-12,14-16H2,1-2H3/t17-,20-,23?,24+,25+/m0/s1. The summed E-state index contributed by atoms with van der Waals surface area (Å²) in [4.78, 5) is 2.70. The van der Waals surface area contributed by atoms with Gasteiger partial charge in [0.15, 0.2) is 0 Å². The Morgan fingerprint density at radius 3 is 2.68 bits per heavy atom. The summed E-state index contributed by atoms with van der Waals surface area (Å²) < 4.78 is 0. The van der Waals surface area contributed by atoms with Gasteiger partial charge in [0.1, 0.15) is 5.75 Å². The van der Waals surface area contributed by atoms with Crippen molar-refractivity contribution < 1.29 is 10.2 Å². The highest BCUT2D eigenvalue weighted by atomic mass is 16.3. The molecule has 2 fully saturated rings. The third kappa shape index (κ3) is 2.56. The van der Waals surface area contributed by atoms with Crippen molar-refractivity contribution >= 4 is 0 Å². The maximum Gasteiger partial charge on any atom is 0.115 e. The quantitative estimate of drug-likeness (QED) is 0.850. The Balaban J connectivity index is 1.39. The van der Waals surface area contributed by atoms with Crippen molar-refractivity contribution in [2.45, 2.75) is 50.0 Å². The first kappa shape index (κ1) is 18.2. The fourth-order valence-electron chi connectivity index (χ4n) is 6.23. The van der Waals surface area contributed by atoms with Crippen LogP contribution >= 0.6 is 0 Å². The molecule has 5 atom stereocenters. The van der Waals surface area contributed by atoms with E-state index in [2.05, 4.69) is 55.1 Å². The van der Waals surface area contributed by atoms with Gasteiger partial charge in [-0.2, -0.15) is 0 Å². The highest BCUT2D eigenvalue weighted by Gasteiger charge is 2.57. The van der Waals surface area contributed by atoms with Crippen LogP contribution in [0.5, 0.6) is 5.75 Å². The predicted molar refractivity (Wildman–Crippen MR) is 112 cm³/mol. The Morgan fingerprint density at radius 1 is 1.14 bits per heavy atom. The minimum Gasteiger partial charge on any atom is -0.508 e. The molecule has 0 spiro atoms. The summed E-state index contributed by atoms with van der Waals surface area (Å²) >= 11 is 0. The molecule has 5 rings (SSSR count). The Hall–Kier alpha value is -1.84. The van der Waals surface area contributed by atoms with Gasteiger partial charge in [0.05, 0.1) is 6.61 Å². The van der Waals surface area contributed by atoms with Gasteiger partial charge < -0.3 is 10.2 Å². The molecule has 0 amide bonds. The molecule has 3 aliphatic rings. The molecule has 2 aromatic rings. The van der Waals surface area contributed by atoms with Crippen LogP contribution in [0.3, 0.4) is 0 Å². The molecule has 28 heavy (non-hydrogen) atoms. The lowest BCUT2D eigenvalue weighted by Gasteiger charge is -2.55. The first-order valence-corrected chi connectivity index (χ1v) is 10.7. The van der Waals surface area contributed by atoms with Gasteiger partial charge >= 0.3 is 0 Å². The molecule has 3 heteroatoms. The number of likely N-dealkylation sites (tertiary alicyclic amines) is 1. The second-order valence-electron chi connectivity index (χ2n) is 9.65. The Bertz CT molecular complexity index is 881. The zero-order valence-electron chi connectivity index (χ0n) is 16.9. The van der Waals surface area contributed by atoms with Crippen LogP contribution in [0, 0.1) is 11.8 Å². The molecule has 0 radical (unpaired) electrons. The third-order valence-corrected chi connectivity index (χ3v) is 8.43. The zero-order chi connectivity index (χ0) is 19.5. The van der Waals surface area contributed by atoms with E-state index < -0.39 is 0 Å². The molecule has 1 heterocycles. The second-order valence-corrected chi connectivity index (χ2v) is 9.65. The molecular weight excluding hydrogens is 346 g/mol. The molecule has 2 aromatic carbocycles. The van der Waals surface area contributed by atoms with Crippen molar-refractivity contribution in [1.82, 2.24) is 4.90 Å². The first-order chi connectivity index (χ1) is 13.5. The number of piperidine rings is 1. The summed E-state index contributed by atoms with van der Waals surface area (Å²) in [5.41, 5.74) is 4.16. The van der Waals surface area contributed by atoms with Gasteiger partial charge in [0.2, 0.25) is 0 Å². The number of hydrogen-bond donors (Lipinski definition) is 2. The van der Waals surface area contributed by atoms with Crippen molar-refractivity contribution in [3.8, 4) is 5.75 Å². The first-order valence-electron chi connectivity index (χ1n) is 10.7. The average Bonchev–Trinajstić information content (AvgIpc) is 3.42. The van der Waals surface area contributed by atoms with Gasteiger partial charge in [-0.15, -0.1) is 0 Å². The molecule has 2 N–H and O–H groups in total. The maximum absolute atomic E-state index is 10.2. The fraction of sp³-hybridized carbons (Fsp3) is 0.520. The Kier molecular flexibility index (Phi) is 4.12. The Labute approximate surface area is 168 Å². The molecule has 1 saturated carbocycles. The lowest BCUT2D eigenvalue weighted by Crippen LogP contribution is -2.58. The number of fused-ring (bicyclic) bond motifs is 4. The van der Waals surface area contributed by atoms with Crippen LogP contribution in [-0.2, 0) is 17.3 Å². The van der Waals surface area contributed by atoms with Crippen molar-refractivity contribution in [2.75, 3.05) is 19.7 Å². The lowest BCUT2D eigenvalue weighted by atomic mass is 9.59. The smallest absolute Gasteiger partial charge is 0.115 e. The van der Waals surface area contributed by atoms with Crippen molar-refractivity contribution in [1.29, 1.82) is 0 Å². The molecule has 3 nitrogen and oxygen atoms in total. The van der Waals surface area contributed by atoms with Crippen molar-refractivity contribution in [3.63, 3.8) is 0 Å². The number of hydrogen-bond acceptors (Lipinski definition) is 3. The zero-order valence-corrected chi connectivity index (χ0v) is 16.9. The number of aromatic hydroxyl groups is 1. The number of phenolic OH excluding ortho intramolecular Hbond substituents is 1. The monoisotopic (exact) mass is 377 g/mol. The minimum atomic E-state index is -0.0381. The van der Waals surface area contributed by atoms with Crippen molar-refractivity contribution in [2.24, 2.45) is 11.8 Å². The van der Waals surface area contributed by atoms with Crippen LogP contribution in [-0.4, -0.2) is 40.9 Å². The van der Waals surface area contributed by atoms with Gasteiger partial charge in [-0.1, -0.05) is 50.2 Å².